The van der Waals surface area contributed by atoms with E-state index in [-0.39, 0.29) is 24.1 Å². The fourth-order valence-electron chi connectivity index (χ4n) is 1.53. The molecule has 1 heterocycles. The van der Waals surface area contributed by atoms with Crippen molar-refractivity contribution in [2.75, 3.05) is 20.3 Å². The van der Waals surface area contributed by atoms with Gasteiger partial charge in [-0.2, -0.15) is 4.80 Å². The van der Waals surface area contributed by atoms with Crippen LogP contribution in [0.15, 0.2) is 24.3 Å². The van der Waals surface area contributed by atoms with E-state index in [1.807, 2.05) is 0 Å². The van der Waals surface area contributed by atoms with Crippen molar-refractivity contribution in [3.05, 3.63) is 30.1 Å². The van der Waals surface area contributed by atoms with Crippen LogP contribution in [0.4, 0.5) is 4.39 Å². The zero-order chi connectivity index (χ0) is 14.4. The van der Waals surface area contributed by atoms with Crippen molar-refractivity contribution in [3.8, 4) is 11.4 Å². The lowest BCUT2D eigenvalue weighted by atomic mass is 10.2. The molecule has 1 amide bonds. The Hall–Kier alpha value is -2.35. The number of hydrogen-bond donors (Lipinski definition) is 1. The van der Waals surface area contributed by atoms with Crippen LogP contribution in [0.3, 0.4) is 0 Å². The van der Waals surface area contributed by atoms with E-state index in [0.717, 1.165) is 4.80 Å². The van der Waals surface area contributed by atoms with Gasteiger partial charge in [0.15, 0.2) is 0 Å². The Kier molecular flexibility index (Phi) is 4.72. The summed E-state index contributed by atoms with van der Waals surface area (Å²) in [6.45, 7) is 0.803. The number of benzene rings is 1. The van der Waals surface area contributed by atoms with Gasteiger partial charge in [-0.15, -0.1) is 10.2 Å². The molecule has 1 aromatic heterocycles. The minimum atomic E-state index is -0.379. The molecule has 0 aliphatic heterocycles. The highest BCUT2D eigenvalue weighted by Crippen LogP contribution is 2.14. The molecule has 7 nitrogen and oxygen atoms in total. The van der Waals surface area contributed by atoms with Crippen molar-refractivity contribution in [1.82, 2.24) is 25.5 Å². The third-order valence-electron chi connectivity index (χ3n) is 2.45. The van der Waals surface area contributed by atoms with E-state index in [4.69, 9.17) is 4.74 Å². The van der Waals surface area contributed by atoms with Crippen molar-refractivity contribution < 1.29 is 13.9 Å². The topological polar surface area (TPSA) is 81.9 Å². The first kappa shape index (κ1) is 14.1. The normalized spacial score (nSPS) is 10.5. The summed E-state index contributed by atoms with van der Waals surface area (Å²) in [7, 11) is 1.55. The molecule has 0 unspecified atom stereocenters. The lowest BCUT2D eigenvalue weighted by Crippen LogP contribution is -2.31. The Balaban J connectivity index is 1.97. The van der Waals surface area contributed by atoms with Gasteiger partial charge >= 0.3 is 0 Å². The van der Waals surface area contributed by atoms with Crippen molar-refractivity contribution in [3.63, 3.8) is 0 Å². The molecule has 0 saturated carbocycles. The van der Waals surface area contributed by atoms with Crippen LogP contribution in [0.5, 0.6) is 0 Å². The number of nitrogens with one attached hydrogen (secondary N) is 1. The third-order valence-corrected chi connectivity index (χ3v) is 2.45. The zero-order valence-corrected chi connectivity index (χ0v) is 10.9. The number of nitrogens with zero attached hydrogens (tertiary/aromatic N) is 4. The number of rotatable bonds is 6. The molecular weight excluding hydrogens is 265 g/mol. The number of methoxy groups -OCH3 is 1. The molecule has 0 aliphatic carbocycles. The Morgan fingerprint density at radius 3 is 3.10 bits per heavy atom. The number of carbonyl (C=O) groups excluding carboxylic acids is 1. The van der Waals surface area contributed by atoms with E-state index in [2.05, 4.69) is 20.7 Å². The van der Waals surface area contributed by atoms with Gasteiger partial charge < -0.3 is 10.1 Å². The fourth-order valence-corrected chi connectivity index (χ4v) is 1.53. The fraction of sp³-hybridized carbons (Fsp3) is 0.333. The molecule has 8 heteroatoms. The second-order valence-electron chi connectivity index (χ2n) is 4.00. The van der Waals surface area contributed by atoms with Crippen molar-refractivity contribution in [2.45, 2.75) is 6.54 Å². The van der Waals surface area contributed by atoms with Crippen molar-refractivity contribution in [2.24, 2.45) is 0 Å². The van der Waals surface area contributed by atoms with Crippen molar-refractivity contribution in [1.29, 1.82) is 0 Å². The van der Waals surface area contributed by atoms with Crippen LogP contribution in [0.2, 0.25) is 0 Å². The van der Waals surface area contributed by atoms with Gasteiger partial charge in [-0.25, -0.2) is 4.39 Å². The number of hydrogen-bond acceptors (Lipinski definition) is 5. The maximum absolute atomic E-state index is 13.1. The van der Waals surface area contributed by atoms with Crippen LogP contribution >= 0.6 is 0 Å². The highest BCUT2D eigenvalue weighted by Gasteiger charge is 2.09. The summed E-state index contributed by atoms with van der Waals surface area (Å²) < 4.78 is 17.9. The molecule has 1 N–H and O–H groups in total. The van der Waals surface area contributed by atoms with Gasteiger partial charge in [-0.1, -0.05) is 12.1 Å². The smallest absolute Gasteiger partial charge is 0.243 e. The van der Waals surface area contributed by atoms with Crippen LogP contribution in [-0.2, 0) is 16.1 Å². The Labute approximate surface area is 114 Å². The summed E-state index contributed by atoms with van der Waals surface area (Å²) in [5.74, 6) is -0.351. The third kappa shape index (κ3) is 3.82. The average molecular weight is 279 g/mol. The molecule has 0 spiro atoms. The summed E-state index contributed by atoms with van der Waals surface area (Å²) in [5.41, 5.74) is 0.510. The molecule has 0 bridgehead atoms. The van der Waals surface area contributed by atoms with E-state index < -0.39 is 0 Å². The largest absolute Gasteiger partial charge is 0.383 e. The van der Waals surface area contributed by atoms with Crippen LogP contribution in [0.25, 0.3) is 11.4 Å². The monoisotopic (exact) mass is 279 g/mol. The molecule has 106 valence electrons. The minimum Gasteiger partial charge on any atom is -0.383 e. The van der Waals surface area contributed by atoms with Crippen LogP contribution in [-0.4, -0.2) is 46.4 Å². The van der Waals surface area contributed by atoms with Crippen LogP contribution in [0, 0.1) is 5.82 Å². The van der Waals surface area contributed by atoms with Gasteiger partial charge in [-0.3, -0.25) is 4.79 Å². The highest BCUT2D eigenvalue weighted by molar-refractivity contribution is 5.75. The molecule has 1 aromatic carbocycles. The quantitative estimate of drug-likeness (QED) is 0.766. The molecule has 0 aliphatic rings. The molecule has 2 rings (SSSR count). The Morgan fingerprint density at radius 2 is 2.35 bits per heavy atom. The second-order valence-corrected chi connectivity index (χ2v) is 4.00. The van der Waals surface area contributed by atoms with Gasteiger partial charge in [0, 0.05) is 19.2 Å². The Bertz CT molecular complexity index is 587. The predicted octanol–water partition coefficient (Wildman–Crippen LogP) is 0.242. The number of aromatic nitrogens is 4. The van der Waals surface area contributed by atoms with Gasteiger partial charge in [0.25, 0.3) is 0 Å². The van der Waals surface area contributed by atoms with Gasteiger partial charge in [-0.05, 0) is 17.3 Å². The van der Waals surface area contributed by atoms with Gasteiger partial charge in [0.2, 0.25) is 11.7 Å². The molecule has 0 atom stereocenters. The van der Waals surface area contributed by atoms with E-state index in [9.17, 15) is 9.18 Å². The van der Waals surface area contributed by atoms with Crippen molar-refractivity contribution >= 4 is 5.91 Å². The minimum absolute atomic E-state index is 0.0496. The van der Waals surface area contributed by atoms with Crippen LogP contribution < -0.4 is 5.32 Å². The van der Waals surface area contributed by atoms with E-state index >= 15 is 0 Å². The lowest BCUT2D eigenvalue weighted by Gasteiger charge is -2.02. The summed E-state index contributed by atoms with van der Waals surface area (Å²) in [6, 6.07) is 5.86. The standard InChI is InChI=1S/C12H14FN5O2/c1-20-6-5-14-11(19)8-18-16-12(15-17-18)9-3-2-4-10(13)7-9/h2-4,7H,5-6,8H2,1H3,(H,14,19). The number of carbonyl (C=O) groups is 1. The molecule has 2 aromatic rings. The molecule has 0 radical (unpaired) electrons. The number of amides is 1. The predicted molar refractivity (Wildman–Crippen MR) is 68.1 cm³/mol. The maximum Gasteiger partial charge on any atom is 0.243 e. The zero-order valence-electron chi connectivity index (χ0n) is 10.9. The maximum atomic E-state index is 13.1. The van der Waals surface area contributed by atoms with E-state index in [0.29, 0.717) is 18.7 Å². The first-order valence-corrected chi connectivity index (χ1v) is 5.98. The van der Waals surface area contributed by atoms with E-state index in [1.54, 1.807) is 19.2 Å². The number of tetrazole rings is 1. The SMILES string of the molecule is COCCNC(=O)Cn1nnc(-c2cccc(F)c2)n1. The second kappa shape index (κ2) is 6.71. The Morgan fingerprint density at radius 1 is 1.50 bits per heavy atom. The van der Waals surface area contributed by atoms with E-state index in [1.165, 1.54) is 12.1 Å². The first-order valence-electron chi connectivity index (χ1n) is 5.98. The molecular formula is C12H14FN5O2. The molecule has 20 heavy (non-hydrogen) atoms. The summed E-state index contributed by atoms with van der Waals surface area (Å²) >= 11 is 0. The van der Waals surface area contributed by atoms with Gasteiger partial charge in [0.1, 0.15) is 12.4 Å². The average Bonchev–Trinajstić information content (AvgIpc) is 2.87. The highest BCUT2D eigenvalue weighted by atomic mass is 19.1. The van der Waals surface area contributed by atoms with Gasteiger partial charge in [0.05, 0.1) is 6.61 Å². The number of halogens is 1. The first-order chi connectivity index (χ1) is 9.69. The molecule has 0 saturated heterocycles. The summed E-state index contributed by atoms with van der Waals surface area (Å²) in [6.07, 6.45) is 0. The lowest BCUT2D eigenvalue weighted by molar-refractivity contribution is -0.122. The van der Waals surface area contributed by atoms with Crippen LogP contribution in [0.1, 0.15) is 0 Å². The molecule has 0 fully saturated rings. The summed E-state index contributed by atoms with van der Waals surface area (Å²) in [4.78, 5) is 12.7. The summed E-state index contributed by atoms with van der Waals surface area (Å²) in [5, 5.41) is 14.2. The number of ether oxygens (including phenoxy) is 1.